The number of benzene rings is 5. The van der Waals surface area contributed by atoms with Crippen LogP contribution >= 0.6 is 0 Å². The maximum atomic E-state index is 2.34. The standard InChI is InChI=1S/C25H14/c1-13-12-16-6-9-20-18-7-4-14-2-3-15-5-8-19(24(18)22(14)15)21-11-10-17(13)23(16)25(20)21/h2-12H,1H3. The highest BCUT2D eigenvalue weighted by Gasteiger charge is 2.21. The minimum Gasteiger partial charge on any atom is -0.0537 e. The highest BCUT2D eigenvalue weighted by Crippen LogP contribution is 2.47. The van der Waals surface area contributed by atoms with Gasteiger partial charge in [0.15, 0.2) is 0 Å². The van der Waals surface area contributed by atoms with Gasteiger partial charge in [-0.15, -0.1) is 0 Å². The van der Waals surface area contributed by atoms with Crippen molar-refractivity contribution in [2.24, 2.45) is 0 Å². The van der Waals surface area contributed by atoms with E-state index in [0.29, 0.717) is 0 Å². The van der Waals surface area contributed by atoms with Crippen LogP contribution in [0.4, 0.5) is 0 Å². The van der Waals surface area contributed by atoms with Gasteiger partial charge in [0, 0.05) is 0 Å². The molecule has 0 atom stereocenters. The first kappa shape index (κ1) is 12.3. The van der Waals surface area contributed by atoms with E-state index in [1.165, 1.54) is 70.9 Å². The predicted molar refractivity (Wildman–Crippen MR) is 110 cm³/mol. The SMILES string of the molecule is CC1=Cc2ccc3c4ccc5c6c(ccc(c7ccc1c2c37)c64)C=C5. The molecule has 0 aliphatic heterocycles. The first-order valence-electron chi connectivity index (χ1n) is 8.88. The Morgan fingerprint density at radius 3 is 1.64 bits per heavy atom. The number of hydrogen-bond acceptors (Lipinski definition) is 0. The summed E-state index contributed by atoms with van der Waals surface area (Å²) in [5.41, 5.74) is 6.85. The van der Waals surface area contributed by atoms with E-state index in [1.807, 2.05) is 0 Å². The molecule has 5 aromatic rings. The Kier molecular flexibility index (Phi) is 1.84. The van der Waals surface area contributed by atoms with Crippen molar-refractivity contribution in [3.05, 3.63) is 70.8 Å². The second kappa shape index (κ2) is 3.75. The van der Waals surface area contributed by atoms with Crippen LogP contribution in [-0.4, -0.2) is 0 Å². The molecule has 0 saturated heterocycles. The lowest BCUT2D eigenvalue weighted by molar-refractivity contribution is 1.70. The molecular formula is C25H14. The number of rotatable bonds is 0. The van der Waals surface area contributed by atoms with Crippen molar-refractivity contribution in [1.82, 2.24) is 0 Å². The van der Waals surface area contributed by atoms with Crippen LogP contribution in [-0.2, 0) is 0 Å². The topological polar surface area (TPSA) is 0 Å². The summed E-state index contributed by atoms with van der Waals surface area (Å²) in [6, 6.07) is 18.5. The third kappa shape index (κ3) is 1.23. The number of allylic oxidation sites excluding steroid dienone is 1. The molecular weight excluding hydrogens is 300 g/mol. The van der Waals surface area contributed by atoms with Crippen molar-refractivity contribution in [2.75, 3.05) is 0 Å². The molecule has 2 aliphatic carbocycles. The Morgan fingerprint density at radius 2 is 1.00 bits per heavy atom. The summed E-state index contributed by atoms with van der Waals surface area (Å²) in [6.07, 6.45) is 6.82. The molecule has 0 aromatic heterocycles. The zero-order chi connectivity index (χ0) is 16.3. The van der Waals surface area contributed by atoms with E-state index in [1.54, 1.807) is 0 Å². The van der Waals surface area contributed by atoms with Crippen molar-refractivity contribution in [1.29, 1.82) is 0 Å². The molecule has 0 fully saturated rings. The Balaban J connectivity index is 1.89. The van der Waals surface area contributed by atoms with Crippen molar-refractivity contribution in [3.63, 3.8) is 0 Å². The molecule has 0 spiro atoms. The van der Waals surface area contributed by atoms with Crippen LogP contribution in [0.2, 0.25) is 0 Å². The molecule has 0 bridgehead atoms. The Hall–Kier alpha value is -3.12. The lowest BCUT2D eigenvalue weighted by Crippen LogP contribution is -1.90. The molecule has 0 heterocycles. The van der Waals surface area contributed by atoms with Gasteiger partial charge in [0.1, 0.15) is 0 Å². The smallest absolute Gasteiger partial charge is 0.00142 e. The van der Waals surface area contributed by atoms with E-state index < -0.39 is 0 Å². The molecule has 0 N–H and O–H groups in total. The molecule has 0 radical (unpaired) electrons. The number of fused-ring (bicyclic) bond motifs is 2. The quantitative estimate of drug-likeness (QED) is 0.207. The summed E-state index contributed by atoms with van der Waals surface area (Å²) < 4.78 is 0. The van der Waals surface area contributed by atoms with E-state index >= 15 is 0 Å². The van der Waals surface area contributed by atoms with E-state index in [4.69, 9.17) is 0 Å². The van der Waals surface area contributed by atoms with E-state index in [2.05, 4.69) is 73.7 Å². The summed E-state index contributed by atoms with van der Waals surface area (Å²) in [6.45, 7) is 2.22. The van der Waals surface area contributed by atoms with Crippen molar-refractivity contribution in [3.8, 4) is 0 Å². The van der Waals surface area contributed by atoms with Gasteiger partial charge in [-0.1, -0.05) is 66.8 Å². The van der Waals surface area contributed by atoms with E-state index in [-0.39, 0.29) is 0 Å². The second-order valence-corrected chi connectivity index (χ2v) is 7.43. The van der Waals surface area contributed by atoms with Gasteiger partial charge in [-0.3, -0.25) is 0 Å². The molecule has 0 heteroatoms. The highest BCUT2D eigenvalue weighted by atomic mass is 14.2. The van der Waals surface area contributed by atoms with Crippen LogP contribution in [0, 0.1) is 0 Å². The van der Waals surface area contributed by atoms with Gasteiger partial charge in [-0.05, 0) is 77.8 Å². The summed E-state index contributed by atoms with van der Waals surface area (Å²) in [7, 11) is 0. The maximum absolute atomic E-state index is 2.34. The molecule has 114 valence electrons. The van der Waals surface area contributed by atoms with Crippen LogP contribution in [0.5, 0.6) is 0 Å². The average Bonchev–Trinajstić information content (AvgIpc) is 3.21. The number of hydrogen-bond donors (Lipinski definition) is 0. The summed E-state index contributed by atoms with van der Waals surface area (Å²) in [5, 5.41) is 11.3. The van der Waals surface area contributed by atoms with Gasteiger partial charge in [-0.25, -0.2) is 0 Å². The van der Waals surface area contributed by atoms with Gasteiger partial charge >= 0.3 is 0 Å². The first-order chi connectivity index (χ1) is 12.3. The third-order valence-corrected chi connectivity index (χ3v) is 6.24. The maximum Gasteiger partial charge on any atom is -0.00142 e. The van der Waals surface area contributed by atoms with Crippen molar-refractivity contribution < 1.29 is 0 Å². The van der Waals surface area contributed by atoms with Crippen LogP contribution < -0.4 is 0 Å². The Morgan fingerprint density at radius 1 is 0.480 bits per heavy atom. The zero-order valence-corrected chi connectivity index (χ0v) is 13.9. The van der Waals surface area contributed by atoms with Gasteiger partial charge in [-0.2, -0.15) is 0 Å². The zero-order valence-electron chi connectivity index (χ0n) is 13.9. The lowest BCUT2D eigenvalue weighted by Gasteiger charge is -2.16. The van der Waals surface area contributed by atoms with Crippen molar-refractivity contribution >= 4 is 66.9 Å². The summed E-state index contributed by atoms with van der Waals surface area (Å²) >= 11 is 0. The first-order valence-corrected chi connectivity index (χ1v) is 8.88. The molecule has 7 rings (SSSR count). The Labute approximate surface area is 145 Å². The van der Waals surface area contributed by atoms with Crippen molar-refractivity contribution in [2.45, 2.75) is 6.92 Å². The Bertz CT molecular complexity index is 1420. The van der Waals surface area contributed by atoms with Crippen LogP contribution in [0.3, 0.4) is 0 Å². The van der Waals surface area contributed by atoms with Gasteiger partial charge in [0.25, 0.3) is 0 Å². The second-order valence-electron chi connectivity index (χ2n) is 7.43. The summed E-state index contributed by atoms with van der Waals surface area (Å²) in [5.74, 6) is 0. The third-order valence-electron chi connectivity index (χ3n) is 6.24. The molecule has 5 aromatic carbocycles. The largest absolute Gasteiger partial charge is 0.0537 e. The van der Waals surface area contributed by atoms with Gasteiger partial charge < -0.3 is 0 Å². The highest BCUT2D eigenvalue weighted by molar-refractivity contribution is 6.36. The van der Waals surface area contributed by atoms with Crippen LogP contribution in [0.1, 0.15) is 29.2 Å². The average molecular weight is 314 g/mol. The van der Waals surface area contributed by atoms with Crippen LogP contribution in [0.15, 0.2) is 48.5 Å². The normalized spacial score (nSPS) is 14.7. The van der Waals surface area contributed by atoms with E-state index in [0.717, 1.165) is 0 Å². The lowest BCUT2D eigenvalue weighted by atomic mass is 9.86. The minimum absolute atomic E-state index is 1.35. The fraction of sp³-hybridized carbons (Fsp3) is 0.0400. The van der Waals surface area contributed by atoms with Gasteiger partial charge in [0.2, 0.25) is 0 Å². The molecule has 0 saturated carbocycles. The molecule has 0 amide bonds. The molecule has 2 aliphatic rings. The monoisotopic (exact) mass is 314 g/mol. The predicted octanol–water partition coefficient (Wildman–Crippen LogP) is 7.09. The van der Waals surface area contributed by atoms with Gasteiger partial charge in [0.05, 0.1) is 0 Å². The fourth-order valence-corrected chi connectivity index (χ4v) is 5.19. The van der Waals surface area contributed by atoms with E-state index in [9.17, 15) is 0 Å². The summed E-state index contributed by atoms with van der Waals surface area (Å²) in [4.78, 5) is 0. The molecule has 0 nitrogen and oxygen atoms in total. The molecule has 0 unspecified atom stereocenters. The fourth-order valence-electron chi connectivity index (χ4n) is 5.19. The minimum atomic E-state index is 1.35. The van der Waals surface area contributed by atoms with Crippen LogP contribution in [0.25, 0.3) is 66.9 Å². The molecule has 25 heavy (non-hydrogen) atoms.